The lowest BCUT2D eigenvalue weighted by atomic mass is 9.34. The van der Waals surface area contributed by atoms with Crippen LogP contribution in [-0.4, -0.2) is 7.28 Å². The first kappa shape index (κ1) is 15.7. The molecule has 0 aromatic carbocycles. The van der Waals surface area contributed by atoms with Crippen molar-refractivity contribution < 1.29 is 0 Å². The zero-order chi connectivity index (χ0) is 15.4. The van der Waals surface area contributed by atoms with E-state index in [1.54, 1.807) is 11.1 Å². The summed E-state index contributed by atoms with van der Waals surface area (Å²) in [6.07, 6.45) is 7.36. The van der Waals surface area contributed by atoms with Crippen molar-refractivity contribution in [3.63, 3.8) is 0 Å². The van der Waals surface area contributed by atoms with Gasteiger partial charge < -0.3 is 0 Å². The molecule has 0 amide bonds. The molecule has 0 N–H and O–H groups in total. The standard InChI is InChI=1S/C20H35B/c1-12(2)16-8-7-9-18(13(16)3)21-19-11-15-10-17(14(19)4)20(15,5)6/h13-15,17-19,21H,7-11H2,1-6H3/t13?,14?,15-,17+,18?,19?/m0/s1. The second-order valence-electron chi connectivity index (χ2n) is 9.42. The van der Waals surface area contributed by atoms with Crippen LogP contribution in [0.5, 0.6) is 0 Å². The van der Waals surface area contributed by atoms with Crippen molar-refractivity contribution in [2.45, 2.75) is 85.3 Å². The largest absolute Gasteiger partial charge is 0.128 e. The molecule has 0 spiro atoms. The van der Waals surface area contributed by atoms with Crippen molar-refractivity contribution in [1.29, 1.82) is 0 Å². The third-order valence-electron chi connectivity index (χ3n) is 8.04. The molecule has 0 radical (unpaired) electrons. The molecule has 0 heterocycles. The number of hydrogen-bond acceptors (Lipinski definition) is 0. The molecular weight excluding hydrogens is 251 g/mol. The topological polar surface area (TPSA) is 0 Å². The van der Waals surface area contributed by atoms with E-state index >= 15 is 0 Å². The maximum Gasteiger partial charge on any atom is 0.128 e. The summed E-state index contributed by atoms with van der Waals surface area (Å²) in [6, 6.07) is 0. The van der Waals surface area contributed by atoms with Gasteiger partial charge in [0.15, 0.2) is 0 Å². The average Bonchev–Trinajstić information content (AvgIpc) is 2.42. The molecule has 4 aliphatic rings. The Morgan fingerprint density at radius 1 is 1.10 bits per heavy atom. The number of fused-ring (bicyclic) bond motifs is 2. The minimum Gasteiger partial charge on any atom is -0.0770 e. The second-order valence-corrected chi connectivity index (χ2v) is 9.42. The number of allylic oxidation sites excluding steroid dienone is 2. The SMILES string of the molecule is CC(C)=C1CCCC(BC2C[C@@H]3C[C@H](C2C)C3(C)C)C1C. The molecule has 4 aliphatic carbocycles. The van der Waals surface area contributed by atoms with E-state index in [4.69, 9.17) is 0 Å². The summed E-state index contributed by atoms with van der Waals surface area (Å²) in [6.45, 7) is 14.8. The Bertz CT molecular complexity index is 429. The van der Waals surface area contributed by atoms with Gasteiger partial charge in [-0.15, -0.1) is 0 Å². The highest BCUT2D eigenvalue weighted by atomic mass is 14.6. The van der Waals surface area contributed by atoms with Gasteiger partial charge in [0.05, 0.1) is 0 Å². The van der Waals surface area contributed by atoms with Crippen LogP contribution in [0.25, 0.3) is 0 Å². The van der Waals surface area contributed by atoms with Gasteiger partial charge in [-0.3, -0.25) is 0 Å². The highest BCUT2D eigenvalue weighted by Gasteiger charge is 2.56. The highest BCUT2D eigenvalue weighted by molar-refractivity contribution is 6.40. The van der Waals surface area contributed by atoms with Gasteiger partial charge in [-0.05, 0) is 62.2 Å². The molecule has 4 fully saturated rings. The van der Waals surface area contributed by atoms with Crippen molar-refractivity contribution in [3.05, 3.63) is 11.1 Å². The average molecular weight is 286 g/mol. The molecule has 0 aromatic heterocycles. The van der Waals surface area contributed by atoms with E-state index in [2.05, 4.69) is 41.5 Å². The van der Waals surface area contributed by atoms with E-state index in [0.29, 0.717) is 5.41 Å². The van der Waals surface area contributed by atoms with Crippen LogP contribution in [0, 0.1) is 29.1 Å². The van der Waals surface area contributed by atoms with Gasteiger partial charge >= 0.3 is 0 Å². The van der Waals surface area contributed by atoms with Crippen molar-refractivity contribution >= 4 is 7.28 Å². The first-order valence-electron chi connectivity index (χ1n) is 9.48. The molecule has 2 bridgehead atoms. The van der Waals surface area contributed by atoms with E-state index in [1.807, 2.05) is 0 Å². The lowest BCUT2D eigenvalue weighted by Gasteiger charge is -2.62. The zero-order valence-corrected chi connectivity index (χ0v) is 15.2. The fourth-order valence-corrected chi connectivity index (χ4v) is 6.30. The van der Waals surface area contributed by atoms with Crippen molar-refractivity contribution in [2.24, 2.45) is 29.1 Å². The van der Waals surface area contributed by atoms with Crippen molar-refractivity contribution in [2.75, 3.05) is 0 Å². The minimum absolute atomic E-state index is 0.652. The Morgan fingerprint density at radius 3 is 2.38 bits per heavy atom. The maximum absolute atomic E-state index is 2.57. The fourth-order valence-electron chi connectivity index (χ4n) is 6.30. The summed E-state index contributed by atoms with van der Waals surface area (Å²) in [4.78, 5) is 0. The molecule has 6 atom stereocenters. The summed E-state index contributed by atoms with van der Waals surface area (Å²) in [5, 5.41) is 0. The molecule has 0 aromatic rings. The van der Waals surface area contributed by atoms with Crippen LogP contribution in [-0.2, 0) is 0 Å². The molecule has 1 heteroatoms. The normalized spacial score (nSPS) is 45.0. The van der Waals surface area contributed by atoms with E-state index < -0.39 is 0 Å². The van der Waals surface area contributed by atoms with Gasteiger partial charge in [-0.25, -0.2) is 0 Å². The lowest BCUT2D eigenvalue weighted by molar-refractivity contribution is -0.0987. The Labute approximate surface area is 133 Å². The summed E-state index contributed by atoms with van der Waals surface area (Å²) in [5.74, 6) is 5.85. The summed E-state index contributed by atoms with van der Waals surface area (Å²) in [7, 11) is 1.52. The lowest BCUT2D eigenvalue weighted by Crippen LogP contribution is -2.54. The first-order chi connectivity index (χ1) is 9.82. The minimum atomic E-state index is 0.652. The molecule has 21 heavy (non-hydrogen) atoms. The third-order valence-corrected chi connectivity index (χ3v) is 8.04. The smallest absolute Gasteiger partial charge is 0.0770 e. The van der Waals surface area contributed by atoms with Gasteiger partial charge in [0.1, 0.15) is 7.28 Å². The number of rotatable bonds is 2. The van der Waals surface area contributed by atoms with Gasteiger partial charge in [0.2, 0.25) is 0 Å². The summed E-state index contributed by atoms with van der Waals surface area (Å²) >= 11 is 0. The van der Waals surface area contributed by atoms with Crippen LogP contribution in [0.3, 0.4) is 0 Å². The predicted octanol–water partition coefficient (Wildman–Crippen LogP) is 5.86. The Hall–Kier alpha value is -0.195. The molecule has 4 rings (SSSR count). The van der Waals surface area contributed by atoms with Crippen LogP contribution >= 0.6 is 0 Å². The maximum atomic E-state index is 2.57. The second kappa shape index (κ2) is 5.46. The van der Waals surface area contributed by atoms with E-state index in [1.165, 1.54) is 39.4 Å². The van der Waals surface area contributed by atoms with Gasteiger partial charge in [0.25, 0.3) is 0 Å². The summed E-state index contributed by atoms with van der Waals surface area (Å²) < 4.78 is 0. The highest BCUT2D eigenvalue weighted by Crippen LogP contribution is 2.65. The van der Waals surface area contributed by atoms with Crippen molar-refractivity contribution in [1.82, 2.24) is 0 Å². The van der Waals surface area contributed by atoms with Crippen LogP contribution in [0.15, 0.2) is 11.1 Å². The number of hydrogen-bond donors (Lipinski definition) is 0. The Kier molecular flexibility index (Phi) is 4.08. The van der Waals surface area contributed by atoms with Crippen LogP contribution in [0.2, 0.25) is 11.6 Å². The zero-order valence-electron chi connectivity index (χ0n) is 15.2. The molecule has 4 unspecified atom stereocenters. The van der Waals surface area contributed by atoms with Gasteiger partial charge in [0, 0.05) is 0 Å². The van der Waals surface area contributed by atoms with E-state index in [9.17, 15) is 0 Å². The van der Waals surface area contributed by atoms with Gasteiger partial charge in [-0.2, -0.15) is 0 Å². The van der Waals surface area contributed by atoms with E-state index in [0.717, 1.165) is 35.3 Å². The molecule has 118 valence electrons. The molecule has 0 nitrogen and oxygen atoms in total. The van der Waals surface area contributed by atoms with Gasteiger partial charge in [-0.1, -0.05) is 63.3 Å². The first-order valence-corrected chi connectivity index (χ1v) is 9.48. The molecular formula is C20H35B. The monoisotopic (exact) mass is 286 g/mol. The summed E-state index contributed by atoms with van der Waals surface area (Å²) in [5.41, 5.74) is 4.05. The van der Waals surface area contributed by atoms with Crippen LogP contribution in [0.1, 0.15) is 73.6 Å². The predicted molar refractivity (Wildman–Crippen MR) is 95.2 cm³/mol. The molecule has 0 aliphatic heterocycles. The van der Waals surface area contributed by atoms with E-state index in [-0.39, 0.29) is 0 Å². The Morgan fingerprint density at radius 2 is 1.81 bits per heavy atom. The van der Waals surface area contributed by atoms with Crippen LogP contribution < -0.4 is 0 Å². The molecule has 0 saturated heterocycles. The van der Waals surface area contributed by atoms with Crippen LogP contribution in [0.4, 0.5) is 0 Å². The fraction of sp³-hybridized carbons (Fsp3) is 0.900. The quantitative estimate of drug-likeness (QED) is 0.440. The van der Waals surface area contributed by atoms with Crippen molar-refractivity contribution in [3.8, 4) is 0 Å². The Balaban J connectivity index is 1.66. The third kappa shape index (κ3) is 2.53. The molecule has 4 saturated carbocycles.